The largest absolute Gasteiger partial charge is 0.494 e. The molecule has 0 atom stereocenters. The number of amides is 1. The van der Waals surface area contributed by atoms with Crippen molar-refractivity contribution in [2.45, 2.75) is 5.92 Å². The second-order valence-electron chi connectivity index (χ2n) is 7.09. The number of hydrogen-bond acceptors (Lipinski definition) is 3. The Morgan fingerprint density at radius 1 is 1.00 bits per heavy atom. The van der Waals surface area contributed by atoms with Gasteiger partial charge in [0.1, 0.15) is 12.4 Å². The Hall–Kier alpha value is -3.67. The molecule has 0 radical (unpaired) electrons. The van der Waals surface area contributed by atoms with Gasteiger partial charge in [-0.2, -0.15) is 0 Å². The van der Waals surface area contributed by atoms with Gasteiger partial charge in [0.05, 0.1) is 7.11 Å². The molecule has 0 unspecified atom stereocenters. The van der Waals surface area contributed by atoms with Crippen LogP contribution < -0.4 is 10.1 Å². The molecule has 0 bridgehead atoms. The summed E-state index contributed by atoms with van der Waals surface area (Å²) in [5.41, 5.74) is 4.32. The topological polar surface area (TPSA) is 47.6 Å². The maximum atomic E-state index is 14.1. The summed E-state index contributed by atoms with van der Waals surface area (Å²) < 4.78 is 38.2. The normalized spacial score (nSPS) is 12.5. The molecule has 0 aliphatic heterocycles. The van der Waals surface area contributed by atoms with E-state index in [0.717, 1.165) is 28.3 Å². The zero-order valence-corrected chi connectivity index (χ0v) is 16.9. The molecular weight excluding hydrogens is 400 g/mol. The van der Waals surface area contributed by atoms with Crippen molar-refractivity contribution < 1.29 is 23.0 Å². The summed E-state index contributed by atoms with van der Waals surface area (Å²) >= 11 is 0. The van der Waals surface area contributed by atoms with Crippen LogP contribution in [0, 0.1) is 11.6 Å². The van der Waals surface area contributed by atoms with Gasteiger partial charge in [0.15, 0.2) is 11.6 Å². The summed E-state index contributed by atoms with van der Waals surface area (Å²) in [5, 5.41) is 2.57. The van der Waals surface area contributed by atoms with Gasteiger partial charge in [0, 0.05) is 18.0 Å². The van der Waals surface area contributed by atoms with Gasteiger partial charge < -0.3 is 14.8 Å². The highest BCUT2D eigenvalue weighted by atomic mass is 19.1. The van der Waals surface area contributed by atoms with Crippen molar-refractivity contribution in [2.75, 3.05) is 20.3 Å². The van der Waals surface area contributed by atoms with Gasteiger partial charge in [0.25, 0.3) is 0 Å². The molecule has 4 nitrogen and oxygen atoms in total. The Kier molecular flexibility index (Phi) is 5.98. The van der Waals surface area contributed by atoms with Crippen LogP contribution in [0.3, 0.4) is 0 Å². The number of nitrogens with one attached hydrogen (secondary N) is 1. The number of halogens is 2. The van der Waals surface area contributed by atoms with E-state index in [4.69, 9.17) is 9.47 Å². The quantitative estimate of drug-likeness (QED) is 0.570. The van der Waals surface area contributed by atoms with Crippen LogP contribution in [0.1, 0.15) is 22.6 Å². The van der Waals surface area contributed by atoms with E-state index in [1.165, 1.54) is 25.3 Å². The molecule has 0 saturated carbocycles. The van der Waals surface area contributed by atoms with E-state index in [1.54, 1.807) is 0 Å². The van der Waals surface area contributed by atoms with Crippen LogP contribution in [0.2, 0.25) is 0 Å². The van der Waals surface area contributed by atoms with E-state index >= 15 is 0 Å². The van der Waals surface area contributed by atoms with Crippen LogP contribution in [-0.4, -0.2) is 26.4 Å². The van der Waals surface area contributed by atoms with Crippen molar-refractivity contribution in [2.24, 2.45) is 0 Å². The highest BCUT2D eigenvalue weighted by Gasteiger charge is 2.28. The van der Waals surface area contributed by atoms with Crippen molar-refractivity contribution in [1.29, 1.82) is 0 Å². The number of carbonyl (C=O) groups excluding carboxylic acids is 1. The predicted molar refractivity (Wildman–Crippen MR) is 115 cm³/mol. The second-order valence-corrected chi connectivity index (χ2v) is 7.09. The third-order valence-electron chi connectivity index (χ3n) is 5.30. The summed E-state index contributed by atoms with van der Waals surface area (Å²) in [4.78, 5) is 12.1. The first-order valence-electron chi connectivity index (χ1n) is 9.87. The zero-order chi connectivity index (χ0) is 21.8. The molecule has 3 aromatic rings. The van der Waals surface area contributed by atoms with Gasteiger partial charge in [-0.25, -0.2) is 13.6 Å². The number of rotatable bonds is 6. The first-order chi connectivity index (χ1) is 15.1. The minimum Gasteiger partial charge on any atom is -0.494 e. The van der Waals surface area contributed by atoms with Crippen molar-refractivity contribution in [3.63, 3.8) is 0 Å². The molecular formula is C25H21F2NO3. The molecule has 0 aromatic heterocycles. The Balaban J connectivity index is 1.35. The lowest BCUT2D eigenvalue weighted by Crippen LogP contribution is -2.26. The maximum Gasteiger partial charge on any atom is 0.407 e. The highest BCUT2D eigenvalue weighted by Crippen LogP contribution is 2.44. The number of fused-ring (bicyclic) bond motifs is 3. The van der Waals surface area contributed by atoms with E-state index < -0.39 is 17.7 Å². The minimum atomic E-state index is -0.792. The second kappa shape index (κ2) is 9.00. The Morgan fingerprint density at radius 2 is 1.65 bits per heavy atom. The fourth-order valence-electron chi connectivity index (χ4n) is 3.83. The standard InChI is InChI=1S/C25H21F2NO3/c1-30-23-13-12-22(26)20(24(23)27)11-6-14-28-25(29)31-15-21-18-9-4-2-7-16(18)17-8-3-5-10-19(17)21/h2-13,21H,14-15H2,1H3,(H,28,29). The fraction of sp³-hybridized carbons (Fsp3) is 0.160. The lowest BCUT2D eigenvalue weighted by atomic mass is 9.98. The molecule has 0 saturated heterocycles. The third kappa shape index (κ3) is 4.14. The SMILES string of the molecule is COc1ccc(F)c(C=CCNC(=O)OCC2c3ccccc3-c3ccccc32)c1F. The van der Waals surface area contributed by atoms with Crippen molar-refractivity contribution in [3.8, 4) is 16.9 Å². The molecule has 1 N–H and O–H groups in total. The monoisotopic (exact) mass is 421 g/mol. The van der Waals surface area contributed by atoms with Gasteiger partial charge in [-0.3, -0.25) is 0 Å². The first kappa shape index (κ1) is 20.6. The highest BCUT2D eigenvalue weighted by molar-refractivity contribution is 5.79. The molecule has 1 amide bonds. The zero-order valence-electron chi connectivity index (χ0n) is 16.9. The van der Waals surface area contributed by atoms with Gasteiger partial charge in [-0.15, -0.1) is 0 Å². The van der Waals surface area contributed by atoms with Crippen LogP contribution in [0.4, 0.5) is 13.6 Å². The summed E-state index contributed by atoms with van der Waals surface area (Å²) in [6.45, 7) is 0.259. The number of ether oxygens (including phenoxy) is 2. The number of carbonyl (C=O) groups is 1. The van der Waals surface area contributed by atoms with Crippen LogP contribution in [-0.2, 0) is 4.74 Å². The van der Waals surface area contributed by atoms with Gasteiger partial charge in [-0.05, 0) is 34.4 Å². The van der Waals surface area contributed by atoms with Gasteiger partial charge >= 0.3 is 6.09 Å². The van der Waals surface area contributed by atoms with E-state index in [-0.39, 0.29) is 30.4 Å². The number of benzene rings is 3. The third-order valence-corrected chi connectivity index (χ3v) is 5.30. The predicted octanol–water partition coefficient (Wildman–Crippen LogP) is 5.53. The Labute approximate surface area is 179 Å². The molecule has 0 spiro atoms. The van der Waals surface area contributed by atoms with Crippen molar-refractivity contribution in [1.82, 2.24) is 5.32 Å². The van der Waals surface area contributed by atoms with E-state index in [0.29, 0.717) is 0 Å². The van der Waals surface area contributed by atoms with E-state index in [9.17, 15) is 13.6 Å². The Morgan fingerprint density at radius 3 is 2.29 bits per heavy atom. The summed E-state index contributed by atoms with van der Waals surface area (Å²) in [7, 11) is 1.31. The molecule has 0 fully saturated rings. The maximum absolute atomic E-state index is 14.1. The molecule has 6 heteroatoms. The Bertz CT molecular complexity index is 1100. The first-order valence-corrected chi connectivity index (χ1v) is 9.87. The lowest BCUT2D eigenvalue weighted by molar-refractivity contribution is 0.144. The minimum absolute atomic E-state index is 0.0336. The summed E-state index contributed by atoms with van der Waals surface area (Å²) in [6.07, 6.45) is 2.11. The molecule has 1 aliphatic carbocycles. The molecule has 0 heterocycles. The smallest absolute Gasteiger partial charge is 0.407 e. The molecule has 4 rings (SSSR count). The van der Waals surface area contributed by atoms with Crippen LogP contribution in [0.5, 0.6) is 5.75 Å². The van der Waals surface area contributed by atoms with Crippen LogP contribution in [0.15, 0.2) is 66.7 Å². The summed E-state index contributed by atoms with van der Waals surface area (Å²) in [6, 6.07) is 18.5. The fourth-order valence-corrected chi connectivity index (χ4v) is 3.83. The van der Waals surface area contributed by atoms with Crippen molar-refractivity contribution >= 4 is 12.2 Å². The average Bonchev–Trinajstić information content (AvgIpc) is 3.11. The number of methoxy groups -OCH3 is 1. The number of hydrogen-bond donors (Lipinski definition) is 1. The molecule has 1 aliphatic rings. The van der Waals surface area contributed by atoms with Gasteiger partial charge in [-0.1, -0.05) is 60.7 Å². The molecule has 31 heavy (non-hydrogen) atoms. The molecule has 158 valence electrons. The average molecular weight is 421 g/mol. The number of alkyl carbamates (subject to hydrolysis) is 1. The van der Waals surface area contributed by atoms with Gasteiger partial charge in [0.2, 0.25) is 0 Å². The summed E-state index contributed by atoms with van der Waals surface area (Å²) in [5.74, 6) is -1.59. The van der Waals surface area contributed by atoms with E-state index in [2.05, 4.69) is 17.4 Å². The molecule has 3 aromatic carbocycles. The van der Waals surface area contributed by atoms with E-state index in [1.807, 2.05) is 36.4 Å². The van der Waals surface area contributed by atoms with Crippen molar-refractivity contribution in [3.05, 3.63) is 95.1 Å². The van der Waals surface area contributed by atoms with Crippen LogP contribution >= 0.6 is 0 Å². The van der Waals surface area contributed by atoms with Crippen LogP contribution in [0.25, 0.3) is 17.2 Å². The lowest BCUT2D eigenvalue weighted by Gasteiger charge is -2.14.